The summed E-state index contributed by atoms with van der Waals surface area (Å²) in [5, 5.41) is 10.7. The van der Waals surface area contributed by atoms with Crippen LogP contribution in [-0.4, -0.2) is 20.5 Å². The van der Waals surface area contributed by atoms with Crippen molar-refractivity contribution >= 4 is 21.6 Å². The van der Waals surface area contributed by atoms with Gasteiger partial charge in [0, 0.05) is 48.0 Å². The highest BCUT2D eigenvalue weighted by Gasteiger charge is 2.12. The van der Waals surface area contributed by atoms with Crippen molar-refractivity contribution < 1.29 is 4.92 Å². The Morgan fingerprint density at radius 3 is 2.90 bits per heavy atom. The van der Waals surface area contributed by atoms with Gasteiger partial charge in [-0.05, 0) is 18.1 Å². The van der Waals surface area contributed by atoms with Crippen molar-refractivity contribution in [3.63, 3.8) is 0 Å². The third kappa shape index (κ3) is 3.89. The SMILES string of the molecule is CCC(N)Cc1nccn1Cc1ccc([N+](=O)[O-])cc1Br. The van der Waals surface area contributed by atoms with Gasteiger partial charge in [-0.3, -0.25) is 10.1 Å². The maximum atomic E-state index is 10.7. The molecular weight excluding hydrogens is 336 g/mol. The van der Waals surface area contributed by atoms with Crippen LogP contribution in [0.5, 0.6) is 0 Å². The molecule has 0 aliphatic carbocycles. The van der Waals surface area contributed by atoms with Gasteiger partial charge in [0.1, 0.15) is 5.82 Å². The number of non-ortho nitro benzene ring substituents is 1. The summed E-state index contributed by atoms with van der Waals surface area (Å²) in [5.41, 5.74) is 7.01. The lowest BCUT2D eigenvalue weighted by molar-refractivity contribution is -0.384. The Morgan fingerprint density at radius 2 is 2.29 bits per heavy atom. The van der Waals surface area contributed by atoms with Crippen molar-refractivity contribution in [1.82, 2.24) is 9.55 Å². The Hall–Kier alpha value is -1.73. The molecule has 0 amide bonds. The second-order valence-corrected chi connectivity index (χ2v) is 5.73. The summed E-state index contributed by atoms with van der Waals surface area (Å²) in [6.45, 7) is 2.65. The summed E-state index contributed by atoms with van der Waals surface area (Å²) in [6.07, 6.45) is 5.25. The number of hydrogen-bond acceptors (Lipinski definition) is 4. The van der Waals surface area contributed by atoms with Crippen LogP contribution in [0.15, 0.2) is 35.1 Å². The molecular formula is C14H17BrN4O2. The Labute approximate surface area is 131 Å². The van der Waals surface area contributed by atoms with Gasteiger partial charge < -0.3 is 10.3 Å². The zero-order valence-electron chi connectivity index (χ0n) is 11.7. The van der Waals surface area contributed by atoms with Gasteiger partial charge >= 0.3 is 0 Å². The quantitative estimate of drug-likeness (QED) is 0.639. The number of imidazole rings is 1. The van der Waals surface area contributed by atoms with E-state index in [1.54, 1.807) is 12.3 Å². The number of halogens is 1. The zero-order valence-corrected chi connectivity index (χ0v) is 13.3. The lowest BCUT2D eigenvalue weighted by Crippen LogP contribution is -2.23. The average Bonchev–Trinajstić information content (AvgIpc) is 2.87. The van der Waals surface area contributed by atoms with Crippen LogP contribution < -0.4 is 5.73 Å². The first-order chi connectivity index (χ1) is 10.0. The number of rotatable bonds is 6. The van der Waals surface area contributed by atoms with Crippen molar-refractivity contribution in [3.8, 4) is 0 Å². The van der Waals surface area contributed by atoms with E-state index >= 15 is 0 Å². The normalized spacial score (nSPS) is 12.3. The molecule has 1 atom stereocenters. The molecule has 0 aliphatic rings. The minimum atomic E-state index is -0.405. The minimum Gasteiger partial charge on any atom is -0.330 e. The third-order valence-electron chi connectivity index (χ3n) is 3.36. The molecule has 1 aromatic heterocycles. The predicted molar refractivity (Wildman–Crippen MR) is 84.1 cm³/mol. The van der Waals surface area contributed by atoms with Gasteiger partial charge in [0.05, 0.1) is 4.92 Å². The summed E-state index contributed by atoms with van der Waals surface area (Å²) in [4.78, 5) is 14.7. The minimum absolute atomic E-state index is 0.0736. The summed E-state index contributed by atoms with van der Waals surface area (Å²) < 4.78 is 2.73. The zero-order chi connectivity index (χ0) is 15.4. The molecule has 2 N–H and O–H groups in total. The number of nitrogens with two attached hydrogens (primary N) is 1. The summed E-state index contributed by atoms with van der Waals surface area (Å²) >= 11 is 3.39. The highest BCUT2D eigenvalue weighted by atomic mass is 79.9. The van der Waals surface area contributed by atoms with E-state index in [1.807, 2.05) is 17.7 Å². The van der Waals surface area contributed by atoms with Gasteiger partial charge in [-0.15, -0.1) is 0 Å². The Balaban J connectivity index is 2.19. The summed E-state index contributed by atoms with van der Waals surface area (Å²) in [5.74, 6) is 0.926. The van der Waals surface area contributed by atoms with Gasteiger partial charge in [0.25, 0.3) is 5.69 Å². The standard InChI is InChI=1S/C14H17BrN4O2/c1-2-11(16)7-14-17-5-6-18(14)9-10-3-4-12(19(20)21)8-13(10)15/h3-6,8,11H,2,7,9,16H2,1H3. The molecule has 6 nitrogen and oxygen atoms in total. The Kier molecular flexibility index (Phi) is 5.08. The fraction of sp³-hybridized carbons (Fsp3) is 0.357. The van der Waals surface area contributed by atoms with Gasteiger partial charge in [0.2, 0.25) is 0 Å². The maximum absolute atomic E-state index is 10.7. The largest absolute Gasteiger partial charge is 0.330 e. The maximum Gasteiger partial charge on any atom is 0.270 e. The van der Waals surface area contributed by atoms with Crippen LogP contribution in [0.25, 0.3) is 0 Å². The van der Waals surface area contributed by atoms with Crippen LogP contribution in [0.1, 0.15) is 24.7 Å². The van der Waals surface area contributed by atoms with Crippen molar-refractivity contribution in [2.24, 2.45) is 5.73 Å². The highest BCUT2D eigenvalue weighted by molar-refractivity contribution is 9.10. The first kappa shape index (κ1) is 15.7. The second kappa shape index (κ2) is 6.82. The molecule has 21 heavy (non-hydrogen) atoms. The number of benzene rings is 1. The molecule has 1 unspecified atom stereocenters. The van der Waals surface area contributed by atoms with Crippen LogP contribution in [-0.2, 0) is 13.0 Å². The van der Waals surface area contributed by atoms with Gasteiger partial charge in [0.15, 0.2) is 0 Å². The van der Waals surface area contributed by atoms with E-state index in [4.69, 9.17) is 5.73 Å². The lowest BCUT2D eigenvalue weighted by atomic mass is 10.1. The number of aromatic nitrogens is 2. The van der Waals surface area contributed by atoms with E-state index in [0.29, 0.717) is 13.0 Å². The number of nitrogens with zero attached hydrogens (tertiary/aromatic N) is 3. The molecule has 7 heteroatoms. The van der Waals surface area contributed by atoms with Gasteiger partial charge in [-0.1, -0.05) is 22.9 Å². The molecule has 0 bridgehead atoms. The van der Waals surface area contributed by atoms with E-state index < -0.39 is 4.92 Å². The molecule has 0 radical (unpaired) electrons. The molecule has 2 aromatic rings. The summed E-state index contributed by atoms with van der Waals surface area (Å²) in [6, 6.07) is 4.87. The van der Waals surface area contributed by atoms with Crippen LogP contribution in [0.3, 0.4) is 0 Å². The molecule has 0 spiro atoms. The summed E-state index contributed by atoms with van der Waals surface area (Å²) in [7, 11) is 0. The molecule has 1 heterocycles. The number of nitro groups is 1. The lowest BCUT2D eigenvalue weighted by Gasteiger charge is -2.12. The van der Waals surface area contributed by atoms with Crippen LogP contribution in [0.2, 0.25) is 0 Å². The monoisotopic (exact) mass is 352 g/mol. The molecule has 0 saturated heterocycles. The highest BCUT2D eigenvalue weighted by Crippen LogP contribution is 2.24. The van der Waals surface area contributed by atoms with E-state index in [1.165, 1.54) is 12.1 Å². The first-order valence-electron chi connectivity index (χ1n) is 6.69. The predicted octanol–water partition coefficient (Wildman–Crippen LogP) is 2.88. The van der Waals surface area contributed by atoms with Crippen molar-refractivity contribution in [1.29, 1.82) is 0 Å². The van der Waals surface area contributed by atoms with Crippen molar-refractivity contribution in [3.05, 3.63) is 56.6 Å². The van der Waals surface area contributed by atoms with Crippen LogP contribution in [0, 0.1) is 10.1 Å². The second-order valence-electron chi connectivity index (χ2n) is 4.88. The molecule has 0 fully saturated rings. The molecule has 0 saturated carbocycles. The molecule has 0 aliphatic heterocycles. The number of nitro benzene ring substituents is 1. The molecule has 112 valence electrons. The van der Waals surface area contributed by atoms with Crippen molar-refractivity contribution in [2.45, 2.75) is 32.4 Å². The Morgan fingerprint density at radius 1 is 1.52 bits per heavy atom. The fourth-order valence-electron chi connectivity index (χ4n) is 2.01. The topological polar surface area (TPSA) is 87.0 Å². The first-order valence-corrected chi connectivity index (χ1v) is 7.49. The van der Waals surface area contributed by atoms with Crippen LogP contribution in [0.4, 0.5) is 5.69 Å². The Bertz CT molecular complexity index is 642. The van der Waals surface area contributed by atoms with E-state index in [9.17, 15) is 10.1 Å². The van der Waals surface area contributed by atoms with Crippen LogP contribution >= 0.6 is 15.9 Å². The van der Waals surface area contributed by atoms with Gasteiger partial charge in [-0.2, -0.15) is 0 Å². The average molecular weight is 353 g/mol. The van der Waals surface area contributed by atoms with E-state index in [-0.39, 0.29) is 11.7 Å². The molecule has 1 aromatic carbocycles. The smallest absolute Gasteiger partial charge is 0.270 e. The van der Waals surface area contributed by atoms with E-state index in [2.05, 4.69) is 20.9 Å². The molecule has 2 rings (SSSR count). The fourth-order valence-corrected chi connectivity index (χ4v) is 2.51. The van der Waals surface area contributed by atoms with E-state index in [0.717, 1.165) is 22.3 Å². The van der Waals surface area contributed by atoms with Gasteiger partial charge in [-0.25, -0.2) is 4.98 Å². The third-order valence-corrected chi connectivity index (χ3v) is 4.10. The number of hydrogen-bond donors (Lipinski definition) is 1. The van der Waals surface area contributed by atoms with Crippen molar-refractivity contribution in [2.75, 3.05) is 0 Å².